The van der Waals surface area contributed by atoms with E-state index in [4.69, 9.17) is 0 Å². The van der Waals surface area contributed by atoms with Crippen LogP contribution in [0.25, 0.3) is 21.8 Å². The molecule has 3 aromatic rings. The van der Waals surface area contributed by atoms with Gasteiger partial charge in [0.1, 0.15) is 11.7 Å². The van der Waals surface area contributed by atoms with E-state index in [1.165, 1.54) is 0 Å². The van der Waals surface area contributed by atoms with Crippen LogP contribution in [-0.4, -0.2) is 69.0 Å². The number of fused-ring (bicyclic) bond motifs is 3. The molecule has 158 valence electrons. The quantitative estimate of drug-likeness (QED) is 0.539. The molecule has 2 atom stereocenters. The Morgan fingerprint density at radius 2 is 2.17 bits per heavy atom. The third kappa shape index (κ3) is 4.02. The van der Waals surface area contributed by atoms with E-state index in [0.29, 0.717) is 13.0 Å². The van der Waals surface area contributed by atoms with Crippen LogP contribution in [0.2, 0.25) is 0 Å². The molecule has 1 fully saturated rings. The minimum absolute atomic E-state index is 0.0479. The van der Waals surface area contributed by atoms with Gasteiger partial charge >= 0.3 is 0 Å². The number of hydrogen-bond donors (Lipinski definition) is 3. The number of aliphatic hydroxyl groups is 1. The average Bonchev–Trinajstić information content (AvgIpc) is 3.39. The summed E-state index contributed by atoms with van der Waals surface area (Å²) in [6.07, 6.45) is 5.84. The van der Waals surface area contributed by atoms with Crippen molar-refractivity contribution in [3.63, 3.8) is 0 Å². The van der Waals surface area contributed by atoms with Gasteiger partial charge in [-0.3, -0.25) is 9.59 Å². The van der Waals surface area contributed by atoms with Crippen LogP contribution in [0.5, 0.6) is 0 Å². The van der Waals surface area contributed by atoms with Gasteiger partial charge in [-0.2, -0.15) is 11.8 Å². The average molecular weight is 427 g/mol. The van der Waals surface area contributed by atoms with Crippen molar-refractivity contribution in [1.29, 1.82) is 0 Å². The Bertz CT molecular complexity index is 1070. The van der Waals surface area contributed by atoms with Gasteiger partial charge in [-0.15, -0.1) is 0 Å². The number of amides is 2. The number of nitrogens with one attached hydrogen (secondary N) is 2. The van der Waals surface area contributed by atoms with Gasteiger partial charge in [-0.1, -0.05) is 18.2 Å². The van der Waals surface area contributed by atoms with Crippen molar-refractivity contribution < 1.29 is 14.7 Å². The number of rotatable bonds is 7. The lowest BCUT2D eigenvalue weighted by atomic mass is 10.1. The Kier molecular flexibility index (Phi) is 6.24. The lowest BCUT2D eigenvalue weighted by Gasteiger charge is -2.28. The van der Waals surface area contributed by atoms with Gasteiger partial charge in [0.05, 0.1) is 24.4 Å². The molecule has 4 rings (SSSR count). The Morgan fingerprint density at radius 1 is 1.33 bits per heavy atom. The molecule has 0 saturated carbocycles. The number of likely N-dealkylation sites (tertiary alicyclic amines) is 1. The number of thioether (sulfide) groups is 1. The monoisotopic (exact) mass is 426 g/mol. The number of aromatic amines is 1. The van der Waals surface area contributed by atoms with Crippen molar-refractivity contribution in [2.75, 3.05) is 25.2 Å². The van der Waals surface area contributed by atoms with Crippen LogP contribution in [0, 0.1) is 0 Å². The molecule has 1 aliphatic heterocycles. The number of hydrogen-bond acceptors (Lipinski definition) is 5. The SMILES string of the molecule is CSCCC(NC(=O)c1cc2c(cn1)[nH]c1ccccc12)C(=O)N1CCCC1CO. The molecule has 1 aliphatic rings. The summed E-state index contributed by atoms with van der Waals surface area (Å²) in [4.78, 5) is 35.4. The molecule has 8 heteroatoms. The normalized spacial score (nSPS) is 17.5. The van der Waals surface area contributed by atoms with Crippen molar-refractivity contribution >= 4 is 45.4 Å². The number of pyridine rings is 1. The second kappa shape index (κ2) is 9.06. The summed E-state index contributed by atoms with van der Waals surface area (Å²) in [5, 5.41) is 14.4. The zero-order chi connectivity index (χ0) is 21.1. The van der Waals surface area contributed by atoms with Crippen LogP contribution in [0.1, 0.15) is 29.8 Å². The van der Waals surface area contributed by atoms with Crippen LogP contribution >= 0.6 is 11.8 Å². The Morgan fingerprint density at radius 3 is 2.97 bits per heavy atom. The second-order valence-corrected chi connectivity index (χ2v) is 8.59. The van der Waals surface area contributed by atoms with Crippen molar-refractivity contribution in [3.05, 3.63) is 42.2 Å². The maximum atomic E-state index is 13.1. The molecule has 3 heterocycles. The molecule has 0 bridgehead atoms. The van der Waals surface area contributed by atoms with Crippen molar-refractivity contribution in [2.24, 2.45) is 0 Å². The first-order valence-electron chi connectivity index (χ1n) is 10.2. The van der Waals surface area contributed by atoms with Gasteiger partial charge in [0.25, 0.3) is 5.91 Å². The Balaban J connectivity index is 1.57. The molecule has 30 heavy (non-hydrogen) atoms. The van der Waals surface area contributed by atoms with Crippen molar-refractivity contribution in [2.45, 2.75) is 31.3 Å². The highest BCUT2D eigenvalue weighted by molar-refractivity contribution is 7.98. The molecular formula is C22H26N4O3S. The lowest BCUT2D eigenvalue weighted by molar-refractivity contribution is -0.134. The minimum atomic E-state index is -0.627. The summed E-state index contributed by atoms with van der Waals surface area (Å²) in [7, 11) is 0. The molecular weight excluding hydrogens is 400 g/mol. The van der Waals surface area contributed by atoms with Gasteiger partial charge in [0.2, 0.25) is 5.91 Å². The highest BCUT2D eigenvalue weighted by Gasteiger charge is 2.33. The van der Waals surface area contributed by atoms with Gasteiger partial charge < -0.3 is 20.3 Å². The van der Waals surface area contributed by atoms with E-state index >= 15 is 0 Å². The first-order valence-corrected chi connectivity index (χ1v) is 11.6. The number of aromatic nitrogens is 2. The Labute approximate surface area is 179 Å². The summed E-state index contributed by atoms with van der Waals surface area (Å²) < 4.78 is 0. The van der Waals surface area contributed by atoms with E-state index in [1.54, 1.807) is 28.9 Å². The molecule has 3 N–H and O–H groups in total. The van der Waals surface area contributed by atoms with Gasteiger partial charge in [0.15, 0.2) is 0 Å². The molecule has 0 spiro atoms. The van der Waals surface area contributed by atoms with Crippen LogP contribution < -0.4 is 5.32 Å². The minimum Gasteiger partial charge on any atom is -0.394 e. The van der Waals surface area contributed by atoms with E-state index in [1.807, 2.05) is 30.5 Å². The van der Waals surface area contributed by atoms with Crippen LogP contribution in [0.3, 0.4) is 0 Å². The van der Waals surface area contributed by atoms with E-state index < -0.39 is 6.04 Å². The zero-order valence-corrected chi connectivity index (χ0v) is 17.7. The Hall–Kier alpha value is -2.58. The summed E-state index contributed by atoms with van der Waals surface area (Å²) >= 11 is 1.63. The van der Waals surface area contributed by atoms with Gasteiger partial charge in [-0.25, -0.2) is 4.98 Å². The summed E-state index contributed by atoms with van der Waals surface area (Å²) in [5.74, 6) is 0.270. The molecule has 0 radical (unpaired) electrons. The molecule has 1 aromatic carbocycles. The third-order valence-corrected chi connectivity index (χ3v) is 6.35. The molecule has 2 amide bonds. The number of H-pyrrole nitrogens is 1. The molecule has 7 nitrogen and oxygen atoms in total. The highest BCUT2D eigenvalue weighted by Crippen LogP contribution is 2.25. The summed E-state index contributed by atoms with van der Waals surface area (Å²) in [5.41, 5.74) is 2.14. The molecule has 2 unspecified atom stereocenters. The number of para-hydroxylation sites is 1. The van der Waals surface area contributed by atoms with Crippen LogP contribution in [-0.2, 0) is 4.79 Å². The fourth-order valence-corrected chi connectivity index (χ4v) is 4.59. The first-order chi connectivity index (χ1) is 14.6. The smallest absolute Gasteiger partial charge is 0.270 e. The van der Waals surface area contributed by atoms with E-state index in [2.05, 4.69) is 15.3 Å². The first kappa shape index (κ1) is 20.7. The largest absolute Gasteiger partial charge is 0.394 e. The van der Waals surface area contributed by atoms with Crippen LogP contribution in [0.4, 0.5) is 0 Å². The standard InChI is InChI=1S/C22H26N4O3S/c1-30-10-8-18(22(29)26-9-4-5-14(26)13-27)25-21(28)19-11-16-15-6-2-3-7-17(15)24-20(16)12-23-19/h2-3,6-7,11-12,14,18,24,27H,4-5,8-10,13H2,1H3,(H,25,28). The second-order valence-electron chi connectivity index (χ2n) is 7.60. The molecule has 1 saturated heterocycles. The topological polar surface area (TPSA) is 98.3 Å². The summed E-state index contributed by atoms with van der Waals surface area (Å²) in [6.45, 7) is 0.572. The highest BCUT2D eigenvalue weighted by atomic mass is 32.2. The number of carbonyl (C=O) groups excluding carboxylic acids is 2. The van der Waals surface area contributed by atoms with Crippen LogP contribution in [0.15, 0.2) is 36.5 Å². The number of benzene rings is 1. The van der Waals surface area contributed by atoms with E-state index in [0.717, 1.165) is 40.4 Å². The predicted molar refractivity (Wildman–Crippen MR) is 120 cm³/mol. The van der Waals surface area contributed by atoms with E-state index in [9.17, 15) is 14.7 Å². The molecule has 2 aromatic heterocycles. The zero-order valence-electron chi connectivity index (χ0n) is 16.9. The van der Waals surface area contributed by atoms with Crippen molar-refractivity contribution in [1.82, 2.24) is 20.2 Å². The maximum Gasteiger partial charge on any atom is 0.270 e. The fraction of sp³-hybridized carbons (Fsp3) is 0.409. The number of carbonyl (C=O) groups is 2. The number of aliphatic hydroxyl groups excluding tert-OH is 1. The lowest BCUT2D eigenvalue weighted by Crippen LogP contribution is -2.51. The van der Waals surface area contributed by atoms with Gasteiger partial charge in [-0.05, 0) is 43.4 Å². The van der Waals surface area contributed by atoms with E-state index in [-0.39, 0.29) is 30.2 Å². The van der Waals surface area contributed by atoms with Gasteiger partial charge in [0, 0.05) is 22.8 Å². The van der Waals surface area contributed by atoms with Crippen molar-refractivity contribution in [3.8, 4) is 0 Å². The molecule has 0 aliphatic carbocycles. The summed E-state index contributed by atoms with van der Waals surface area (Å²) in [6, 6.07) is 8.89. The predicted octanol–water partition coefficient (Wildman–Crippen LogP) is 2.55. The maximum absolute atomic E-state index is 13.1. The third-order valence-electron chi connectivity index (χ3n) is 5.71. The fourth-order valence-electron chi connectivity index (χ4n) is 4.12. The number of nitrogens with zero attached hydrogens (tertiary/aromatic N) is 2.